The molecule has 10 heteroatoms. The van der Waals surface area contributed by atoms with E-state index in [1.165, 1.54) is 0 Å². The van der Waals surface area contributed by atoms with E-state index in [2.05, 4.69) is 5.10 Å². The smallest absolute Gasteiger partial charge is 0.282 e. The van der Waals surface area contributed by atoms with Crippen LogP contribution < -0.4 is 0 Å². The van der Waals surface area contributed by atoms with Crippen molar-refractivity contribution >= 4 is 21.7 Å². The molecule has 1 aromatic rings. The summed E-state index contributed by atoms with van der Waals surface area (Å²) in [5.74, 6) is 0. The molecular weight excluding hydrogens is 261 g/mol. The number of aryl methyl sites for hydroxylation is 1. The standard InChI is InChI=1S/C5H4ClF3N2O3S/c1-11-4(6)2(15(12,13)14)3(10-11)5(7,8)9/h1H3,(H,12,13,14). The molecule has 0 saturated heterocycles. The minimum absolute atomic E-state index is 0.507. The van der Waals surface area contributed by atoms with Crippen molar-refractivity contribution in [2.24, 2.45) is 7.05 Å². The second kappa shape index (κ2) is 3.35. The SMILES string of the molecule is Cn1nc(C(F)(F)F)c(S(=O)(=O)O)c1Cl. The Balaban J connectivity index is 3.63. The average molecular weight is 265 g/mol. The molecule has 15 heavy (non-hydrogen) atoms. The monoisotopic (exact) mass is 264 g/mol. The van der Waals surface area contributed by atoms with Crippen LogP contribution in [0.1, 0.15) is 5.69 Å². The van der Waals surface area contributed by atoms with Crippen LogP contribution in [0.2, 0.25) is 5.15 Å². The third kappa shape index (κ3) is 2.24. The molecule has 0 radical (unpaired) electrons. The Kier molecular flexibility index (Phi) is 2.74. The van der Waals surface area contributed by atoms with Crippen molar-refractivity contribution < 1.29 is 26.1 Å². The molecule has 1 rings (SSSR count). The summed E-state index contributed by atoms with van der Waals surface area (Å²) < 4.78 is 67.2. The van der Waals surface area contributed by atoms with Crippen LogP contribution >= 0.6 is 11.6 Å². The molecule has 0 aliphatic rings. The third-order valence-corrected chi connectivity index (χ3v) is 2.91. The van der Waals surface area contributed by atoms with Crippen molar-refractivity contribution in [2.75, 3.05) is 0 Å². The van der Waals surface area contributed by atoms with Crippen LogP contribution in [0.3, 0.4) is 0 Å². The van der Waals surface area contributed by atoms with Crippen LogP contribution in [-0.2, 0) is 23.3 Å². The minimum Gasteiger partial charge on any atom is -0.282 e. The van der Waals surface area contributed by atoms with E-state index in [1.807, 2.05) is 0 Å². The largest absolute Gasteiger partial charge is 0.436 e. The number of hydrogen-bond acceptors (Lipinski definition) is 3. The van der Waals surface area contributed by atoms with Crippen molar-refractivity contribution in [3.05, 3.63) is 10.8 Å². The van der Waals surface area contributed by atoms with Gasteiger partial charge in [-0.25, -0.2) is 0 Å². The fourth-order valence-corrected chi connectivity index (χ4v) is 2.06. The van der Waals surface area contributed by atoms with Crippen molar-refractivity contribution in [3.63, 3.8) is 0 Å². The third-order valence-electron chi connectivity index (χ3n) is 1.46. The molecule has 0 bridgehead atoms. The summed E-state index contributed by atoms with van der Waals surface area (Å²) in [6.07, 6.45) is -5.00. The van der Waals surface area contributed by atoms with Gasteiger partial charge in [-0.3, -0.25) is 9.23 Å². The number of aromatic nitrogens is 2. The molecule has 0 fully saturated rings. The van der Waals surface area contributed by atoms with Gasteiger partial charge in [-0.1, -0.05) is 11.6 Å². The van der Waals surface area contributed by atoms with Gasteiger partial charge in [0.2, 0.25) is 0 Å². The van der Waals surface area contributed by atoms with E-state index < -0.39 is 32.0 Å². The van der Waals surface area contributed by atoms with E-state index in [0.717, 1.165) is 7.05 Å². The molecule has 0 amide bonds. The lowest BCUT2D eigenvalue weighted by atomic mass is 10.4. The zero-order valence-corrected chi connectivity index (χ0v) is 8.65. The summed E-state index contributed by atoms with van der Waals surface area (Å²) in [6, 6.07) is 0. The predicted molar refractivity (Wildman–Crippen MR) is 43.0 cm³/mol. The predicted octanol–water partition coefficient (Wildman–Crippen LogP) is 1.34. The Morgan fingerprint density at radius 2 is 1.93 bits per heavy atom. The minimum atomic E-state index is -5.06. The lowest BCUT2D eigenvalue weighted by Gasteiger charge is -2.03. The first kappa shape index (κ1) is 12.3. The first-order valence-electron chi connectivity index (χ1n) is 3.32. The van der Waals surface area contributed by atoms with Crippen molar-refractivity contribution in [3.8, 4) is 0 Å². The average Bonchev–Trinajstić information content (AvgIpc) is 2.25. The van der Waals surface area contributed by atoms with Crippen LogP contribution in [0.25, 0.3) is 0 Å². The number of halogens is 4. The molecule has 1 heterocycles. The Labute approximate surface area is 87.2 Å². The molecule has 0 spiro atoms. The summed E-state index contributed by atoms with van der Waals surface area (Å²) in [7, 11) is -4.04. The van der Waals surface area contributed by atoms with E-state index in [0.29, 0.717) is 4.68 Å². The highest BCUT2D eigenvalue weighted by molar-refractivity contribution is 7.86. The van der Waals surface area contributed by atoms with Gasteiger partial charge in [0.05, 0.1) is 0 Å². The van der Waals surface area contributed by atoms with Gasteiger partial charge < -0.3 is 0 Å². The maximum absolute atomic E-state index is 12.3. The Morgan fingerprint density at radius 3 is 2.20 bits per heavy atom. The molecule has 1 N–H and O–H groups in total. The molecule has 86 valence electrons. The Hall–Kier alpha value is -0.800. The molecule has 0 aliphatic heterocycles. The molecule has 0 unspecified atom stereocenters. The second-order valence-corrected chi connectivity index (χ2v) is 4.28. The molecule has 0 aliphatic carbocycles. The zero-order chi connectivity index (χ0) is 12.0. The van der Waals surface area contributed by atoms with Gasteiger partial charge in [0, 0.05) is 7.05 Å². The fourth-order valence-electron chi connectivity index (χ4n) is 0.898. The lowest BCUT2D eigenvalue weighted by Crippen LogP contribution is -2.12. The molecule has 0 aromatic carbocycles. The second-order valence-electron chi connectivity index (χ2n) is 2.56. The van der Waals surface area contributed by atoms with Crippen LogP contribution in [-0.4, -0.2) is 22.8 Å². The Morgan fingerprint density at radius 1 is 1.47 bits per heavy atom. The highest BCUT2D eigenvalue weighted by Gasteiger charge is 2.42. The van der Waals surface area contributed by atoms with Gasteiger partial charge in [-0.05, 0) is 0 Å². The maximum atomic E-state index is 12.3. The summed E-state index contributed by atoms with van der Waals surface area (Å²) in [5.41, 5.74) is -1.74. The van der Waals surface area contributed by atoms with E-state index in [-0.39, 0.29) is 0 Å². The highest BCUT2D eigenvalue weighted by atomic mass is 35.5. The van der Waals surface area contributed by atoms with E-state index in [4.69, 9.17) is 16.2 Å². The molecule has 1 aromatic heterocycles. The quantitative estimate of drug-likeness (QED) is 0.777. The van der Waals surface area contributed by atoms with Gasteiger partial charge in [-0.15, -0.1) is 0 Å². The normalized spacial score (nSPS) is 13.2. The first-order valence-corrected chi connectivity index (χ1v) is 5.14. The van der Waals surface area contributed by atoms with Gasteiger partial charge in [0.25, 0.3) is 10.1 Å². The van der Waals surface area contributed by atoms with E-state index >= 15 is 0 Å². The number of rotatable bonds is 1. The first-order chi connectivity index (χ1) is 6.55. The van der Waals surface area contributed by atoms with Crippen LogP contribution in [0.4, 0.5) is 13.2 Å². The molecule has 0 saturated carbocycles. The van der Waals surface area contributed by atoms with Crippen molar-refractivity contribution in [1.82, 2.24) is 9.78 Å². The van der Waals surface area contributed by atoms with E-state index in [1.54, 1.807) is 0 Å². The van der Waals surface area contributed by atoms with E-state index in [9.17, 15) is 21.6 Å². The Bertz CT molecular complexity index is 492. The van der Waals surface area contributed by atoms with Crippen molar-refractivity contribution in [1.29, 1.82) is 0 Å². The summed E-state index contributed by atoms with van der Waals surface area (Å²) >= 11 is 5.27. The summed E-state index contributed by atoms with van der Waals surface area (Å²) in [4.78, 5) is -1.43. The van der Waals surface area contributed by atoms with Crippen LogP contribution in [0.15, 0.2) is 4.90 Å². The molecule has 0 atom stereocenters. The topological polar surface area (TPSA) is 72.2 Å². The van der Waals surface area contributed by atoms with Crippen LogP contribution in [0.5, 0.6) is 0 Å². The maximum Gasteiger partial charge on any atom is 0.436 e. The lowest BCUT2D eigenvalue weighted by molar-refractivity contribution is -0.143. The van der Waals surface area contributed by atoms with Gasteiger partial charge in [-0.2, -0.15) is 26.7 Å². The summed E-state index contributed by atoms with van der Waals surface area (Å²) in [5, 5.41) is 2.07. The summed E-state index contributed by atoms with van der Waals surface area (Å²) in [6.45, 7) is 0. The van der Waals surface area contributed by atoms with Crippen LogP contribution in [0, 0.1) is 0 Å². The fraction of sp³-hybridized carbons (Fsp3) is 0.400. The highest BCUT2D eigenvalue weighted by Crippen LogP contribution is 2.36. The number of nitrogens with zero attached hydrogens (tertiary/aromatic N) is 2. The number of hydrogen-bond donors (Lipinski definition) is 1. The molecule has 5 nitrogen and oxygen atoms in total. The zero-order valence-electron chi connectivity index (χ0n) is 7.08. The number of alkyl halides is 3. The van der Waals surface area contributed by atoms with Gasteiger partial charge in [0.15, 0.2) is 10.6 Å². The van der Waals surface area contributed by atoms with Gasteiger partial charge in [0.1, 0.15) is 5.15 Å². The molecular formula is C5H4ClF3N2O3S. The van der Waals surface area contributed by atoms with Crippen molar-refractivity contribution in [2.45, 2.75) is 11.1 Å². The van der Waals surface area contributed by atoms with Gasteiger partial charge >= 0.3 is 6.18 Å².